The summed E-state index contributed by atoms with van der Waals surface area (Å²) in [5, 5.41) is 17.3. The molecule has 1 fully saturated rings. The number of anilines is 1. The Labute approximate surface area is 123 Å². The summed E-state index contributed by atoms with van der Waals surface area (Å²) in [6.07, 6.45) is 1.84. The van der Waals surface area contributed by atoms with E-state index in [4.69, 9.17) is 9.88 Å². The van der Waals surface area contributed by atoms with Crippen molar-refractivity contribution >= 4 is 21.7 Å². The smallest absolute Gasteiger partial charge is 0.337 e. The number of hydrogen-bond acceptors (Lipinski definition) is 5. The Morgan fingerprint density at radius 3 is 2.62 bits per heavy atom. The number of benzene rings is 1. The number of hydrogen-bond donors (Lipinski definition) is 3. The van der Waals surface area contributed by atoms with Crippen molar-refractivity contribution in [2.24, 2.45) is 11.1 Å². The van der Waals surface area contributed by atoms with E-state index in [1.165, 1.54) is 12.1 Å². The van der Waals surface area contributed by atoms with Gasteiger partial charge in [-0.2, -0.15) is 0 Å². The highest BCUT2D eigenvalue weighted by molar-refractivity contribution is 7.89. The van der Waals surface area contributed by atoms with Crippen LogP contribution in [0.4, 0.5) is 5.69 Å². The molecule has 1 aliphatic rings. The van der Waals surface area contributed by atoms with E-state index in [0.29, 0.717) is 31.4 Å². The Balaban J connectivity index is 2.16. The standard InChI is InChI=1S/C13H18N2O5S/c14-21(18,19)10-1-2-12(11(7-10)13(16)17)15-8-9-3-5-20-6-4-9/h1-2,7,9,15H,3-6,8H2,(H,16,17)(H2,14,18,19). The number of aromatic carboxylic acids is 1. The van der Waals surface area contributed by atoms with E-state index in [2.05, 4.69) is 5.32 Å². The van der Waals surface area contributed by atoms with Gasteiger partial charge in [-0.1, -0.05) is 0 Å². The first-order valence-electron chi connectivity index (χ1n) is 6.59. The molecular formula is C13H18N2O5S. The molecule has 4 N–H and O–H groups in total. The van der Waals surface area contributed by atoms with Gasteiger partial charge >= 0.3 is 5.97 Å². The maximum absolute atomic E-state index is 11.3. The quantitative estimate of drug-likeness (QED) is 0.742. The molecule has 0 saturated carbocycles. The molecule has 8 heteroatoms. The third-order valence-corrected chi connectivity index (χ3v) is 4.38. The summed E-state index contributed by atoms with van der Waals surface area (Å²) >= 11 is 0. The van der Waals surface area contributed by atoms with Gasteiger partial charge in [-0.05, 0) is 37.0 Å². The maximum Gasteiger partial charge on any atom is 0.337 e. The normalized spacial score (nSPS) is 16.6. The first-order chi connectivity index (χ1) is 9.88. The minimum absolute atomic E-state index is 0.103. The molecular weight excluding hydrogens is 296 g/mol. The van der Waals surface area contributed by atoms with Crippen molar-refractivity contribution in [3.63, 3.8) is 0 Å². The van der Waals surface area contributed by atoms with Crippen LogP contribution in [-0.2, 0) is 14.8 Å². The number of ether oxygens (including phenoxy) is 1. The summed E-state index contributed by atoms with van der Waals surface area (Å²) in [5.74, 6) is -0.784. The first kappa shape index (κ1) is 15.7. The number of nitrogens with two attached hydrogens (primary N) is 1. The predicted octanol–water partition coefficient (Wildman–Crippen LogP) is 0.871. The van der Waals surface area contributed by atoms with E-state index in [1.807, 2.05) is 0 Å². The van der Waals surface area contributed by atoms with Crippen molar-refractivity contribution in [2.45, 2.75) is 17.7 Å². The van der Waals surface area contributed by atoms with E-state index in [9.17, 15) is 18.3 Å². The molecule has 1 aliphatic heterocycles. The largest absolute Gasteiger partial charge is 0.478 e. The lowest BCUT2D eigenvalue weighted by Gasteiger charge is -2.23. The van der Waals surface area contributed by atoms with Crippen molar-refractivity contribution in [2.75, 3.05) is 25.1 Å². The SMILES string of the molecule is NS(=O)(=O)c1ccc(NCC2CCOCC2)c(C(=O)O)c1. The highest BCUT2D eigenvalue weighted by atomic mass is 32.2. The summed E-state index contributed by atoms with van der Waals surface area (Å²) < 4.78 is 27.8. The monoisotopic (exact) mass is 314 g/mol. The molecule has 2 rings (SSSR count). The van der Waals surface area contributed by atoms with Gasteiger partial charge in [0, 0.05) is 25.4 Å². The Hall–Kier alpha value is -1.64. The van der Waals surface area contributed by atoms with Crippen LogP contribution < -0.4 is 10.5 Å². The van der Waals surface area contributed by atoms with E-state index in [0.717, 1.165) is 18.9 Å². The molecule has 0 radical (unpaired) electrons. The van der Waals surface area contributed by atoms with Gasteiger partial charge in [0.05, 0.1) is 10.5 Å². The summed E-state index contributed by atoms with van der Waals surface area (Å²) in [6.45, 7) is 2.04. The van der Waals surface area contributed by atoms with Crippen LogP contribution in [0.5, 0.6) is 0 Å². The predicted molar refractivity (Wildman–Crippen MR) is 76.8 cm³/mol. The maximum atomic E-state index is 11.3. The molecule has 0 spiro atoms. The average molecular weight is 314 g/mol. The van der Waals surface area contributed by atoms with E-state index >= 15 is 0 Å². The molecule has 0 amide bonds. The zero-order valence-corrected chi connectivity index (χ0v) is 12.2. The Bertz CT molecular complexity index is 623. The Kier molecular flexibility index (Phi) is 4.81. The van der Waals surface area contributed by atoms with Crippen LogP contribution in [0.15, 0.2) is 23.1 Å². The van der Waals surface area contributed by atoms with Crippen molar-refractivity contribution in [1.82, 2.24) is 0 Å². The lowest BCUT2D eigenvalue weighted by molar-refractivity contribution is 0.0689. The van der Waals surface area contributed by atoms with Gasteiger partial charge in [0.25, 0.3) is 0 Å². The van der Waals surface area contributed by atoms with Crippen LogP contribution in [0.1, 0.15) is 23.2 Å². The fourth-order valence-corrected chi connectivity index (χ4v) is 2.78. The third kappa shape index (κ3) is 4.16. The highest BCUT2D eigenvalue weighted by Crippen LogP contribution is 2.22. The van der Waals surface area contributed by atoms with Crippen LogP contribution in [0.25, 0.3) is 0 Å². The lowest BCUT2D eigenvalue weighted by atomic mass is 10.00. The molecule has 0 aromatic heterocycles. The number of rotatable bonds is 5. The summed E-state index contributed by atoms with van der Waals surface area (Å²) in [5.41, 5.74) is 0.287. The van der Waals surface area contributed by atoms with Crippen LogP contribution in [0.2, 0.25) is 0 Å². The van der Waals surface area contributed by atoms with Crippen molar-refractivity contribution < 1.29 is 23.1 Å². The molecule has 0 atom stereocenters. The number of nitrogens with one attached hydrogen (secondary N) is 1. The minimum Gasteiger partial charge on any atom is -0.478 e. The van der Waals surface area contributed by atoms with Gasteiger partial charge in [0.1, 0.15) is 0 Å². The second-order valence-corrected chi connectivity index (χ2v) is 6.56. The number of sulfonamides is 1. The molecule has 1 aromatic carbocycles. The Morgan fingerprint density at radius 1 is 1.38 bits per heavy atom. The molecule has 0 bridgehead atoms. The zero-order valence-electron chi connectivity index (χ0n) is 11.4. The molecule has 1 saturated heterocycles. The molecule has 1 aromatic rings. The number of carboxylic acid groups (broad SMARTS) is 1. The average Bonchev–Trinajstić information content (AvgIpc) is 2.45. The van der Waals surface area contributed by atoms with Gasteiger partial charge in [-0.25, -0.2) is 18.4 Å². The minimum atomic E-state index is -3.92. The lowest BCUT2D eigenvalue weighted by Crippen LogP contribution is -2.23. The van der Waals surface area contributed by atoms with Gasteiger partial charge in [0.2, 0.25) is 10.0 Å². The molecule has 21 heavy (non-hydrogen) atoms. The van der Waals surface area contributed by atoms with E-state index < -0.39 is 16.0 Å². The van der Waals surface area contributed by atoms with Gasteiger partial charge in [0.15, 0.2) is 0 Å². The molecule has 0 unspecified atom stereocenters. The first-order valence-corrected chi connectivity index (χ1v) is 8.14. The number of carbonyl (C=O) groups is 1. The molecule has 7 nitrogen and oxygen atoms in total. The van der Waals surface area contributed by atoms with Gasteiger partial charge in [-0.3, -0.25) is 0 Å². The van der Waals surface area contributed by atoms with E-state index in [-0.39, 0.29) is 10.5 Å². The van der Waals surface area contributed by atoms with Crippen LogP contribution in [0.3, 0.4) is 0 Å². The third-order valence-electron chi connectivity index (χ3n) is 3.47. The Morgan fingerprint density at radius 2 is 2.05 bits per heavy atom. The molecule has 116 valence electrons. The number of carboxylic acids is 1. The summed E-state index contributed by atoms with van der Waals surface area (Å²) in [7, 11) is -3.92. The van der Waals surface area contributed by atoms with Crippen molar-refractivity contribution in [3.8, 4) is 0 Å². The van der Waals surface area contributed by atoms with Gasteiger partial charge < -0.3 is 15.2 Å². The van der Waals surface area contributed by atoms with E-state index in [1.54, 1.807) is 0 Å². The fourth-order valence-electron chi connectivity index (χ4n) is 2.24. The van der Waals surface area contributed by atoms with Crippen LogP contribution >= 0.6 is 0 Å². The summed E-state index contributed by atoms with van der Waals surface area (Å²) in [6, 6.07) is 3.81. The highest BCUT2D eigenvalue weighted by Gasteiger charge is 2.18. The number of primary sulfonamides is 1. The summed E-state index contributed by atoms with van der Waals surface area (Å²) in [4.78, 5) is 11.0. The van der Waals surface area contributed by atoms with Crippen LogP contribution in [0, 0.1) is 5.92 Å². The zero-order chi connectivity index (χ0) is 15.5. The second-order valence-electron chi connectivity index (χ2n) is 4.99. The second kappa shape index (κ2) is 6.42. The molecule has 0 aliphatic carbocycles. The molecule has 1 heterocycles. The van der Waals surface area contributed by atoms with Crippen molar-refractivity contribution in [1.29, 1.82) is 0 Å². The fraction of sp³-hybridized carbons (Fsp3) is 0.462. The van der Waals surface area contributed by atoms with Crippen LogP contribution in [-0.4, -0.2) is 39.3 Å². The van der Waals surface area contributed by atoms with Gasteiger partial charge in [-0.15, -0.1) is 0 Å². The topological polar surface area (TPSA) is 119 Å². The van der Waals surface area contributed by atoms with Crippen molar-refractivity contribution in [3.05, 3.63) is 23.8 Å².